The summed E-state index contributed by atoms with van der Waals surface area (Å²) in [6.07, 6.45) is -0.388. The van der Waals surface area contributed by atoms with Crippen molar-refractivity contribution < 1.29 is 14.6 Å². The number of hydrogen-bond donors (Lipinski definition) is 2. The van der Waals surface area contributed by atoms with Crippen LogP contribution in [0.2, 0.25) is 0 Å². The first-order chi connectivity index (χ1) is 6.63. The molecule has 4 nitrogen and oxygen atoms in total. The van der Waals surface area contributed by atoms with E-state index in [-0.39, 0.29) is 0 Å². The van der Waals surface area contributed by atoms with Gasteiger partial charge in [-0.05, 0) is 18.6 Å². The van der Waals surface area contributed by atoms with E-state index in [9.17, 15) is 4.79 Å². The van der Waals surface area contributed by atoms with Crippen LogP contribution in [0.1, 0.15) is 13.3 Å². The van der Waals surface area contributed by atoms with Crippen molar-refractivity contribution >= 4 is 11.7 Å². The number of ether oxygens (including phenoxy) is 1. The highest BCUT2D eigenvalue weighted by molar-refractivity contribution is 5.72. The molecule has 0 fully saturated rings. The van der Waals surface area contributed by atoms with Gasteiger partial charge in [0, 0.05) is 11.8 Å². The lowest BCUT2D eigenvalue weighted by Gasteiger charge is -2.12. The van der Waals surface area contributed by atoms with Crippen LogP contribution in [0.15, 0.2) is 24.3 Å². The minimum atomic E-state index is -0.963. The van der Waals surface area contributed by atoms with Crippen LogP contribution in [0, 0.1) is 0 Å². The minimum Gasteiger partial charge on any atom is -0.479 e. The Morgan fingerprint density at radius 1 is 1.64 bits per heavy atom. The van der Waals surface area contributed by atoms with Gasteiger partial charge >= 0.3 is 5.97 Å². The summed E-state index contributed by atoms with van der Waals surface area (Å²) in [4.78, 5) is 10.7. The van der Waals surface area contributed by atoms with E-state index in [1.807, 2.05) is 0 Å². The molecule has 1 aromatic rings. The van der Waals surface area contributed by atoms with E-state index in [0.717, 1.165) is 0 Å². The van der Waals surface area contributed by atoms with Crippen LogP contribution in [-0.4, -0.2) is 17.2 Å². The summed E-state index contributed by atoms with van der Waals surface area (Å²) in [6.45, 7) is 1.76. The van der Waals surface area contributed by atoms with Gasteiger partial charge < -0.3 is 15.6 Å². The van der Waals surface area contributed by atoms with Crippen LogP contribution < -0.4 is 10.5 Å². The molecule has 0 radical (unpaired) electrons. The predicted molar refractivity (Wildman–Crippen MR) is 53.2 cm³/mol. The average Bonchev–Trinajstić information content (AvgIpc) is 2.14. The Hall–Kier alpha value is -1.71. The van der Waals surface area contributed by atoms with Gasteiger partial charge in [0.1, 0.15) is 5.75 Å². The van der Waals surface area contributed by atoms with Crippen molar-refractivity contribution in [1.82, 2.24) is 0 Å². The lowest BCUT2D eigenvalue weighted by atomic mass is 10.2. The van der Waals surface area contributed by atoms with Gasteiger partial charge in [-0.2, -0.15) is 0 Å². The Labute approximate surface area is 82.3 Å². The third-order valence-corrected chi connectivity index (χ3v) is 1.78. The van der Waals surface area contributed by atoms with Crippen molar-refractivity contribution in [2.24, 2.45) is 0 Å². The molecule has 0 saturated heterocycles. The molecule has 0 aliphatic heterocycles. The van der Waals surface area contributed by atoms with Gasteiger partial charge in [0.2, 0.25) is 0 Å². The van der Waals surface area contributed by atoms with Crippen molar-refractivity contribution in [3.8, 4) is 5.75 Å². The van der Waals surface area contributed by atoms with Crippen LogP contribution in [0.3, 0.4) is 0 Å². The van der Waals surface area contributed by atoms with Gasteiger partial charge in [-0.1, -0.05) is 13.0 Å². The molecular formula is C10H13NO3. The number of benzene rings is 1. The highest BCUT2D eigenvalue weighted by Gasteiger charge is 2.16. The Balaban J connectivity index is 2.72. The van der Waals surface area contributed by atoms with Crippen LogP contribution in [0.5, 0.6) is 5.75 Å². The number of rotatable bonds is 4. The second-order valence-corrected chi connectivity index (χ2v) is 2.93. The van der Waals surface area contributed by atoms with Crippen LogP contribution in [-0.2, 0) is 4.79 Å². The third kappa shape index (κ3) is 2.65. The quantitative estimate of drug-likeness (QED) is 0.714. The molecule has 0 amide bonds. The topological polar surface area (TPSA) is 72.5 Å². The predicted octanol–water partition coefficient (Wildman–Crippen LogP) is 1.51. The first-order valence-electron chi connectivity index (χ1n) is 4.38. The molecule has 14 heavy (non-hydrogen) atoms. The maximum absolute atomic E-state index is 10.7. The molecule has 4 heteroatoms. The molecule has 0 heterocycles. The summed E-state index contributed by atoms with van der Waals surface area (Å²) >= 11 is 0. The van der Waals surface area contributed by atoms with Gasteiger partial charge in [-0.15, -0.1) is 0 Å². The van der Waals surface area contributed by atoms with E-state index in [0.29, 0.717) is 17.9 Å². The summed E-state index contributed by atoms with van der Waals surface area (Å²) in [6, 6.07) is 6.72. The fraction of sp³-hybridized carbons (Fsp3) is 0.300. The van der Waals surface area contributed by atoms with E-state index in [1.165, 1.54) is 0 Å². The summed E-state index contributed by atoms with van der Waals surface area (Å²) in [7, 11) is 0. The molecule has 76 valence electrons. The first kappa shape index (κ1) is 10.4. The molecule has 0 saturated carbocycles. The Morgan fingerprint density at radius 3 is 2.86 bits per heavy atom. The highest BCUT2D eigenvalue weighted by atomic mass is 16.5. The molecule has 1 rings (SSSR count). The van der Waals surface area contributed by atoms with Crippen molar-refractivity contribution in [3.63, 3.8) is 0 Å². The first-order valence-corrected chi connectivity index (χ1v) is 4.38. The zero-order valence-electron chi connectivity index (χ0n) is 7.93. The van der Waals surface area contributed by atoms with E-state index >= 15 is 0 Å². The second kappa shape index (κ2) is 4.50. The number of carbonyl (C=O) groups is 1. The Bertz CT molecular complexity index is 325. The summed E-state index contributed by atoms with van der Waals surface area (Å²) in [5.41, 5.74) is 6.08. The van der Waals surface area contributed by atoms with Gasteiger partial charge in [-0.25, -0.2) is 4.79 Å². The van der Waals surface area contributed by atoms with Crippen molar-refractivity contribution in [3.05, 3.63) is 24.3 Å². The number of anilines is 1. The zero-order chi connectivity index (χ0) is 10.6. The number of carboxylic acids is 1. The number of hydrogen-bond acceptors (Lipinski definition) is 3. The number of nitrogen functional groups attached to an aromatic ring is 1. The monoisotopic (exact) mass is 195 g/mol. The summed E-state index contributed by atoms with van der Waals surface area (Å²) in [5, 5.41) is 8.75. The third-order valence-electron chi connectivity index (χ3n) is 1.78. The molecule has 0 aliphatic rings. The molecule has 0 aromatic heterocycles. The van der Waals surface area contributed by atoms with Crippen molar-refractivity contribution in [1.29, 1.82) is 0 Å². The largest absolute Gasteiger partial charge is 0.479 e. The van der Waals surface area contributed by atoms with E-state index in [1.54, 1.807) is 31.2 Å². The molecule has 1 atom stereocenters. The fourth-order valence-electron chi connectivity index (χ4n) is 1.06. The average molecular weight is 195 g/mol. The maximum Gasteiger partial charge on any atom is 0.344 e. The van der Waals surface area contributed by atoms with Gasteiger partial charge in [0.25, 0.3) is 0 Å². The van der Waals surface area contributed by atoms with Gasteiger partial charge in [0.15, 0.2) is 6.10 Å². The number of nitrogens with two attached hydrogens (primary N) is 1. The van der Waals surface area contributed by atoms with Gasteiger partial charge in [-0.3, -0.25) is 0 Å². The van der Waals surface area contributed by atoms with E-state index in [4.69, 9.17) is 15.6 Å². The lowest BCUT2D eigenvalue weighted by Crippen LogP contribution is -2.25. The summed E-state index contributed by atoms with van der Waals surface area (Å²) in [5.74, 6) is -0.478. The fourth-order valence-corrected chi connectivity index (χ4v) is 1.06. The molecule has 0 spiro atoms. The van der Waals surface area contributed by atoms with Crippen LogP contribution in [0.25, 0.3) is 0 Å². The number of aliphatic carboxylic acids is 1. The van der Waals surface area contributed by atoms with E-state index < -0.39 is 12.1 Å². The molecule has 0 aliphatic carbocycles. The lowest BCUT2D eigenvalue weighted by molar-refractivity contribution is -0.145. The highest BCUT2D eigenvalue weighted by Crippen LogP contribution is 2.16. The second-order valence-electron chi connectivity index (χ2n) is 2.93. The SMILES string of the molecule is CCC(Oc1cccc(N)c1)C(=O)O. The maximum atomic E-state index is 10.7. The molecule has 3 N–H and O–H groups in total. The molecular weight excluding hydrogens is 182 g/mol. The normalized spacial score (nSPS) is 12.1. The zero-order valence-corrected chi connectivity index (χ0v) is 7.93. The number of carboxylic acid groups (broad SMARTS) is 1. The summed E-state index contributed by atoms with van der Waals surface area (Å²) < 4.78 is 5.23. The molecule has 1 unspecified atom stereocenters. The standard InChI is InChI=1S/C10H13NO3/c1-2-9(10(12)13)14-8-5-3-4-7(11)6-8/h3-6,9H,2,11H2,1H3,(H,12,13). The van der Waals surface area contributed by atoms with Crippen molar-refractivity contribution in [2.75, 3.05) is 5.73 Å². The van der Waals surface area contributed by atoms with Crippen LogP contribution in [0.4, 0.5) is 5.69 Å². The molecule has 0 bridgehead atoms. The van der Waals surface area contributed by atoms with Crippen molar-refractivity contribution in [2.45, 2.75) is 19.4 Å². The van der Waals surface area contributed by atoms with Crippen LogP contribution >= 0.6 is 0 Å². The Morgan fingerprint density at radius 2 is 2.36 bits per heavy atom. The molecule has 1 aromatic carbocycles. The van der Waals surface area contributed by atoms with E-state index in [2.05, 4.69) is 0 Å². The smallest absolute Gasteiger partial charge is 0.344 e. The Kier molecular flexibility index (Phi) is 3.34. The minimum absolute atomic E-state index is 0.421. The van der Waals surface area contributed by atoms with Gasteiger partial charge in [0.05, 0.1) is 0 Å².